The topological polar surface area (TPSA) is 15.3 Å². The van der Waals surface area contributed by atoms with Crippen molar-refractivity contribution >= 4 is 0 Å². The van der Waals surface area contributed by atoms with Crippen molar-refractivity contribution in [3.8, 4) is 0 Å². The third-order valence-corrected chi connectivity index (χ3v) is 5.08. The van der Waals surface area contributed by atoms with E-state index in [-0.39, 0.29) is 0 Å². The molecule has 0 radical (unpaired) electrons. The Bertz CT molecular complexity index is 243. The van der Waals surface area contributed by atoms with Gasteiger partial charge in [-0.25, -0.2) is 0 Å². The number of hydrogen-bond acceptors (Lipinski definition) is 2. The molecule has 2 aliphatic rings. The minimum Gasteiger partial charge on any atom is -0.311 e. The zero-order valence-electron chi connectivity index (χ0n) is 12.8. The fraction of sp³-hybridized carbons (Fsp3) is 1.00. The molecule has 2 nitrogen and oxygen atoms in total. The van der Waals surface area contributed by atoms with Crippen molar-refractivity contribution in [1.29, 1.82) is 0 Å². The molecule has 0 aromatic heterocycles. The Morgan fingerprint density at radius 3 is 2.22 bits per heavy atom. The Labute approximate surface area is 114 Å². The van der Waals surface area contributed by atoms with Gasteiger partial charge in [0.05, 0.1) is 0 Å². The molecule has 0 amide bonds. The van der Waals surface area contributed by atoms with Crippen LogP contribution in [0.25, 0.3) is 0 Å². The molecule has 2 atom stereocenters. The Morgan fingerprint density at radius 2 is 1.67 bits per heavy atom. The molecule has 0 aromatic carbocycles. The van der Waals surface area contributed by atoms with Crippen LogP contribution in [0.1, 0.15) is 59.8 Å². The van der Waals surface area contributed by atoms with Crippen LogP contribution in [0.15, 0.2) is 0 Å². The van der Waals surface area contributed by atoms with E-state index in [0.29, 0.717) is 12.1 Å². The SMILES string of the molecule is CC(C)C1CN(C(C)C)C(C2CCCCC2)CN1. The smallest absolute Gasteiger partial charge is 0.0252 e. The summed E-state index contributed by atoms with van der Waals surface area (Å²) < 4.78 is 0. The van der Waals surface area contributed by atoms with Crippen molar-refractivity contribution in [2.24, 2.45) is 11.8 Å². The normalized spacial score (nSPS) is 32.3. The minimum absolute atomic E-state index is 0.687. The first-order valence-electron chi connectivity index (χ1n) is 8.08. The molecule has 0 aromatic rings. The maximum atomic E-state index is 3.81. The lowest BCUT2D eigenvalue weighted by Gasteiger charge is -2.48. The Morgan fingerprint density at radius 1 is 1.00 bits per heavy atom. The largest absolute Gasteiger partial charge is 0.311 e. The van der Waals surface area contributed by atoms with Crippen molar-refractivity contribution in [1.82, 2.24) is 10.2 Å². The number of rotatable bonds is 3. The lowest BCUT2D eigenvalue weighted by molar-refractivity contribution is 0.0379. The highest BCUT2D eigenvalue weighted by atomic mass is 15.3. The van der Waals surface area contributed by atoms with Crippen LogP contribution >= 0.6 is 0 Å². The van der Waals surface area contributed by atoms with E-state index >= 15 is 0 Å². The van der Waals surface area contributed by atoms with Crippen LogP contribution in [0.2, 0.25) is 0 Å². The van der Waals surface area contributed by atoms with Gasteiger partial charge < -0.3 is 5.32 Å². The third-order valence-electron chi connectivity index (χ3n) is 5.08. The molecule has 2 unspecified atom stereocenters. The van der Waals surface area contributed by atoms with E-state index in [2.05, 4.69) is 37.9 Å². The molecular formula is C16H32N2. The van der Waals surface area contributed by atoms with Gasteiger partial charge in [-0.05, 0) is 38.5 Å². The van der Waals surface area contributed by atoms with Gasteiger partial charge >= 0.3 is 0 Å². The highest BCUT2D eigenvalue weighted by Crippen LogP contribution is 2.31. The van der Waals surface area contributed by atoms with Crippen LogP contribution in [0.3, 0.4) is 0 Å². The van der Waals surface area contributed by atoms with E-state index in [4.69, 9.17) is 0 Å². The van der Waals surface area contributed by atoms with Gasteiger partial charge in [-0.3, -0.25) is 4.90 Å². The molecule has 0 spiro atoms. The van der Waals surface area contributed by atoms with Crippen LogP contribution < -0.4 is 5.32 Å². The monoisotopic (exact) mass is 252 g/mol. The summed E-state index contributed by atoms with van der Waals surface area (Å²) in [7, 11) is 0. The van der Waals surface area contributed by atoms with Gasteiger partial charge in [-0.2, -0.15) is 0 Å². The van der Waals surface area contributed by atoms with Gasteiger partial charge in [-0.1, -0.05) is 33.1 Å². The molecule has 1 heterocycles. The van der Waals surface area contributed by atoms with Crippen molar-refractivity contribution in [3.63, 3.8) is 0 Å². The predicted molar refractivity (Wildman–Crippen MR) is 78.8 cm³/mol. The van der Waals surface area contributed by atoms with Crippen molar-refractivity contribution < 1.29 is 0 Å². The van der Waals surface area contributed by atoms with Crippen LogP contribution in [-0.4, -0.2) is 36.1 Å². The first kappa shape index (κ1) is 14.3. The zero-order valence-corrected chi connectivity index (χ0v) is 12.8. The van der Waals surface area contributed by atoms with Crippen molar-refractivity contribution in [2.45, 2.75) is 77.9 Å². The fourth-order valence-corrected chi connectivity index (χ4v) is 3.81. The molecule has 106 valence electrons. The Balaban J connectivity index is 2.00. The minimum atomic E-state index is 0.687. The summed E-state index contributed by atoms with van der Waals surface area (Å²) in [4.78, 5) is 2.79. The standard InChI is InChI=1S/C16H32N2/c1-12(2)15-11-18(13(3)4)16(10-17-15)14-8-6-5-7-9-14/h12-17H,5-11H2,1-4H3. The average molecular weight is 252 g/mol. The van der Waals surface area contributed by atoms with Gasteiger partial charge in [-0.15, -0.1) is 0 Å². The molecule has 1 saturated heterocycles. The van der Waals surface area contributed by atoms with Gasteiger partial charge in [0, 0.05) is 31.2 Å². The number of piperazine rings is 1. The van der Waals surface area contributed by atoms with Crippen LogP contribution in [0.4, 0.5) is 0 Å². The number of hydrogen-bond donors (Lipinski definition) is 1. The van der Waals surface area contributed by atoms with Gasteiger partial charge in [0.15, 0.2) is 0 Å². The van der Waals surface area contributed by atoms with E-state index in [1.54, 1.807) is 0 Å². The van der Waals surface area contributed by atoms with E-state index in [0.717, 1.165) is 17.9 Å². The third kappa shape index (κ3) is 3.27. The fourth-order valence-electron chi connectivity index (χ4n) is 3.81. The summed E-state index contributed by atoms with van der Waals surface area (Å²) in [5.41, 5.74) is 0. The lowest BCUT2D eigenvalue weighted by Crippen LogP contribution is -2.62. The van der Waals surface area contributed by atoms with E-state index in [1.807, 2.05) is 0 Å². The molecule has 2 heteroatoms. The molecule has 1 saturated carbocycles. The lowest BCUT2D eigenvalue weighted by atomic mass is 9.81. The Hall–Kier alpha value is -0.0800. The van der Waals surface area contributed by atoms with Gasteiger partial charge in [0.25, 0.3) is 0 Å². The first-order valence-corrected chi connectivity index (χ1v) is 8.08. The van der Waals surface area contributed by atoms with Crippen LogP contribution in [0.5, 0.6) is 0 Å². The van der Waals surface area contributed by atoms with Crippen LogP contribution in [-0.2, 0) is 0 Å². The van der Waals surface area contributed by atoms with Crippen molar-refractivity contribution in [2.75, 3.05) is 13.1 Å². The summed E-state index contributed by atoms with van der Waals surface area (Å²) in [5, 5.41) is 3.81. The highest BCUT2D eigenvalue weighted by Gasteiger charge is 2.35. The molecule has 2 rings (SSSR count). The maximum Gasteiger partial charge on any atom is 0.0252 e. The molecule has 1 aliphatic heterocycles. The summed E-state index contributed by atoms with van der Waals surface area (Å²) in [6, 6.07) is 2.17. The molecule has 1 aliphatic carbocycles. The summed E-state index contributed by atoms with van der Waals surface area (Å²) in [6.07, 6.45) is 7.30. The molecule has 0 bridgehead atoms. The van der Waals surface area contributed by atoms with Gasteiger partial charge in [0.2, 0.25) is 0 Å². The highest BCUT2D eigenvalue weighted by molar-refractivity contribution is 4.93. The van der Waals surface area contributed by atoms with Gasteiger partial charge in [0.1, 0.15) is 0 Å². The molecule has 2 fully saturated rings. The zero-order chi connectivity index (χ0) is 13.1. The number of nitrogens with zero attached hydrogens (tertiary/aromatic N) is 1. The van der Waals surface area contributed by atoms with Crippen LogP contribution in [0, 0.1) is 11.8 Å². The second kappa shape index (κ2) is 6.38. The number of nitrogens with one attached hydrogen (secondary N) is 1. The average Bonchev–Trinajstić information content (AvgIpc) is 2.39. The first-order chi connectivity index (χ1) is 8.59. The predicted octanol–water partition coefficient (Wildman–Crippen LogP) is 3.27. The second-order valence-electron chi connectivity index (χ2n) is 7.01. The molecular weight excluding hydrogens is 220 g/mol. The van der Waals surface area contributed by atoms with E-state index < -0.39 is 0 Å². The van der Waals surface area contributed by atoms with E-state index in [9.17, 15) is 0 Å². The maximum absolute atomic E-state index is 3.81. The molecule has 18 heavy (non-hydrogen) atoms. The molecule has 1 N–H and O–H groups in total. The summed E-state index contributed by atoms with van der Waals surface area (Å²) >= 11 is 0. The summed E-state index contributed by atoms with van der Waals surface area (Å²) in [5.74, 6) is 1.69. The summed E-state index contributed by atoms with van der Waals surface area (Å²) in [6.45, 7) is 11.9. The van der Waals surface area contributed by atoms with E-state index in [1.165, 1.54) is 45.2 Å². The van der Waals surface area contributed by atoms with Crippen molar-refractivity contribution in [3.05, 3.63) is 0 Å². The quantitative estimate of drug-likeness (QED) is 0.829. The Kier molecular flexibility index (Phi) is 5.08. The second-order valence-corrected chi connectivity index (χ2v) is 7.01.